The highest BCUT2D eigenvalue weighted by Gasteiger charge is 2.01. The average Bonchev–Trinajstić information content (AvgIpc) is 1.94. The first-order chi connectivity index (χ1) is 4.84. The standard InChI is InChI=1S/C7H5FN2/c1-9-5-6-3-2-4-10-7(6)8/h2-4H,5H2. The third-order valence-electron chi connectivity index (χ3n) is 1.09. The Morgan fingerprint density at radius 1 is 1.70 bits per heavy atom. The van der Waals surface area contributed by atoms with Crippen LogP contribution in [0.15, 0.2) is 18.3 Å². The summed E-state index contributed by atoms with van der Waals surface area (Å²) in [7, 11) is 0. The van der Waals surface area contributed by atoms with E-state index in [1.807, 2.05) is 0 Å². The number of rotatable bonds is 1. The quantitative estimate of drug-likeness (QED) is 0.423. The second kappa shape index (κ2) is 2.92. The lowest BCUT2D eigenvalue weighted by Crippen LogP contribution is -1.88. The van der Waals surface area contributed by atoms with Gasteiger partial charge in [0.05, 0.1) is 5.56 Å². The third-order valence-corrected chi connectivity index (χ3v) is 1.09. The van der Waals surface area contributed by atoms with Crippen molar-refractivity contribution < 1.29 is 4.39 Å². The van der Waals surface area contributed by atoms with Crippen LogP contribution in [0.5, 0.6) is 0 Å². The van der Waals surface area contributed by atoms with Crippen molar-refractivity contribution in [2.45, 2.75) is 6.54 Å². The third kappa shape index (κ3) is 1.29. The summed E-state index contributed by atoms with van der Waals surface area (Å²) in [4.78, 5) is 6.42. The predicted octanol–water partition coefficient (Wildman–Crippen LogP) is 1.64. The highest BCUT2D eigenvalue weighted by molar-refractivity contribution is 5.11. The molecule has 0 radical (unpaired) electrons. The lowest BCUT2D eigenvalue weighted by atomic mass is 10.3. The fourth-order valence-corrected chi connectivity index (χ4v) is 0.622. The maximum atomic E-state index is 12.5. The normalized spacial score (nSPS) is 8.80. The van der Waals surface area contributed by atoms with Crippen molar-refractivity contribution in [3.63, 3.8) is 0 Å². The molecule has 0 aliphatic heterocycles. The average molecular weight is 136 g/mol. The van der Waals surface area contributed by atoms with Gasteiger partial charge in [0.2, 0.25) is 12.5 Å². The molecule has 0 aliphatic rings. The fourth-order valence-electron chi connectivity index (χ4n) is 0.622. The molecule has 1 rings (SSSR count). The van der Waals surface area contributed by atoms with E-state index in [0.717, 1.165) is 0 Å². The predicted molar refractivity (Wildman–Crippen MR) is 34.5 cm³/mol. The minimum Gasteiger partial charge on any atom is -0.312 e. The fraction of sp³-hybridized carbons (Fsp3) is 0.143. The van der Waals surface area contributed by atoms with Crippen molar-refractivity contribution in [3.05, 3.63) is 41.3 Å². The molecule has 3 heteroatoms. The van der Waals surface area contributed by atoms with E-state index in [1.54, 1.807) is 12.1 Å². The Morgan fingerprint density at radius 2 is 2.50 bits per heavy atom. The summed E-state index contributed by atoms with van der Waals surface area (Å²) < 4.78 is 12.5. The second-order valence-electron chi connectivity index (χ2n) is 1.77. The van der Waals surface area contributed by atoms with Gasteiger partial charge in [0.1, 0.15) is 0 Å². The maximum absolute atomic E-state index is 12.5. The minimum atomic E-state index is -0.543. The zero-order valence-electron chi connectivity index (χ0n) is 5.21. The Balaban J connectivity index is 2.94. The van der Waals surface area contributed by atoms with Crippen molar-refractivity contribution in [3.8, 4) is 0 Å². The molecule has 0 aliphatic carbocycles. The number of hydrogen-bond acceptors (Lipinski definition) is 1. The van der Waals surface area contributed by atoms with Crippen LogP contribution in [0, 0.1) is 12.5 Å². The topological polar surface area (TPSA) is 17.2 Å². The van der Waals surface area contributed by atoms with E-state index in [1.165, 1.54) is 6.20 Å². The summed E-state index contributed by atoms with van der Waals surface area (Å²) in [5.74, 6) is -0.543. The highest BCUT2D eigenvalue weighted by atomic mass is 19.1. The molecular weight excluding hydrogens is 131 g/mol. The number of pyridine rings is 1. The first kappa shape index (κ1) is 6.69. The summed E-state index contributed by atoms with van der Waals surface area (Å²) in [6.07, 6.45) is 1.36. The van der Waals surface area contributed by atoms with Crippen LogP contribution in [0.25, 0.3) is 4.85 Å². The van der Waals surface area contributed by atoms with Crippen LogP contribution in [0.2, 0.25) is 0 Å². The molecule has 10 heavy (non-hydrogen) atoms. The Hall–Kier alpha value is -1.43. The lowest BCUT2D eigenvalue weighted by molar-refractivity contribution is 0.571. The molecule has 1 aromatic rings. The summed E-state index contributed by atoms with van der Waals surface area (Å²) >= 11 is 0. The van der Waals surface area contributed by atoms with Crippen LogP contribution in [-0.2, 0) is 6.54 Å². The zero-order valence-corrected chi connectivity index (χ0v) is 5.21. The molecule has 0 saturated carbocycles. The van der Waals surface area contributed by atoms with Crippen LogP contribution in [0.1, 0.15) is 5.56 Å². The Morgan fingerprint density at radius 3 is 3.10 bits per heavy atom. The van der Waals surface area contributed by atoms with Gasteiger partial charge in [-0.25, -0.2) is 11.6 Å². The number of hydrogen-bond donors (Lipinski definition) is 0. The zero-order chi connectivity index (χ0) is 7.40. The molecule has 0 aromatic carbocycles. The van der Waals surface area contributed by atoms with E-state index in [2.05, 4.69) is 9.83 Å². The van der Waals surface area contributed by atoms with Gasteiger partial charge >= 0.3 is 0 Å². The van der Waals surface area contributed by atoms with Gasteiger partial charge in [0.25, 0.3) is 0 Å². The van der Waals surface area contributed by atoms with Gasteiger partial charge in [-0.1, -0.05) is 0 Å². The van der Waals surface area contributed by atoms with E-state index in [0.29, 0.717) is 5.56 Å². The molecule has 1 aromatic heterocycles. The van der Waals surface area contributed by atoms with Gasteiger partial charge in [0, 0.05) is 6.20 Å². The van der Waals surface area contributed by atoms with Gasteiger partial charge in [-0.2, -0.15) is 4.39 Å². The van der Waals surface area contributed by atoms with Gasteiger partial charge < -0.3 is 4.85 Å². The van der Waals surface area contributed by atoms with Crippen molar-refractivity contribution in [1.29, 1.82) is 0 Å². The van der Waals surface area contributed by atoms with Crippen LogP contribution < -0.4 is 0 Å². The molecule has 0 bridgehead atoms. The molecule has 0 N–H and O–H groups in total. The highest BCUT2D eigenvalue weighted by Crippen LogP contribution is 2.03. The van der Waals surface area contributed by atoms with Gasteiger partial charge in [-0.15, -0.1) is 0 Å². The van der Waals surface area contributed by atoms with E-state index in [9.17, 15) is 4.39 Å². The van der Waals surface area contributed by atoms with Crippen LogP contribution >= 0.6 is 0 Å². The van der Waals surface area contributed by atoms with Crippen LogP contribution in [0.4, 0.5) is 4.39 Å². The smallest absolute Gasteiger partial charge is 0.244 e. The molecule has 0 spiro atoms. The first-order valence-corrected chi connectivity index (χ1v) is 2.77. The summed E-state index contributed by atoms with van der Waals surface area (Å²) in [6, 6.07) is 3.17. The Labute approximate surface area is 58.1 Å². The minimum absolute atomic E-state index is 0.0691. The van der Waals surface area contributed by atoms with E-state index < -0.39 is 5.95 Å². The van der Waals surface area contributed by atoms with E-state index in [-0.39, 0.29) is 6.54 Å². The maximum Gasteiger partial charge on any atom is 0.244 e. The molecule has 50 valence electrons. The monoisotopic (exact) mass is 136 g/mol. The molecule has 0 amide bonds. The van der Waals surface area contributed by atoms with Crippen molar-refractivity contribution in [2.24, 2.45) is 0 Å². The number of nitrogens with zero attached hydrogens (tertiary/aromatic N) is 2. The SMILES string of the molecule is [C-]#[N+]Cc1cccnc1F. The molecule has 2 nitrogen and oxygen atoms in total. The van der Waals surface area contributed by atoms with Crippen molar-refractivity contribution >= 4 is 0 Å². The molecular formula is C7H5FN2. The van der Waals surface area contributed by atoms with Gasteiger partial charge in [-0.05, 0) is 12.1 Å². The molecule has 0 atom stereocenters. The van der Waals surface area contributed by atoms with E-state index in [4.69, 9.17) is 6.57 Å². The molecule has 0 unspecified atom stereocenters. The summed E-state index contributed by atoms with van der Waals surface area (Å²) in [6.45, 7) is 6.54. The van der Waals surface area contributed by atoms with Crippen molar-refractivity contribution in [1.82, 2.24) is 4.98 Å². The first-order valence-electron chi connectivity index (χ1n) is 2.77. The molecule has 1 heterocycles. The van der Waals surface area contributed by atoms with E-state index >= 15 is 0 Å². The van der Waals surface area contributed by atoms with Crippen LogP contribution in [0.3, 0.4) is 0 Å². The van der Waals surface area contributed by atoms with Gasteiger partial charge in [0.15, 0.2) is 0 Å². The van der Waals surface area contributed by atoms with Crippen molar-refractivity contribution in [2.75, 3.05) is 0 Å². The second-order valence-corrected chi connectivity index (χ2v) is 1.77. The Kier molecular flexibility index (Phi) is 1.96. The lowest BCUT2D eigenvalue weighted by Gasteiger charge is -1.90. The van der Waals surface area contributed by atoms with Gasteiger partial charge in [-0.3, -0.25) is 0 Å². The Bertz CT molecular complexity index is 265. The molecule has 0 saturated heterocycles. The number of aromatic nitrogens is 1. The largest absolute Gasteiger partial charge is 0.312 e. The number of halogens is 1. The summed E-state index contributed by atoms with van der Waals surface area (Å²) in [5.41, 5.74) is 0.359. The summed E-state index contributed by atoms with van der Waals surface area (Å²) in [5, 5.41) is 0. The van der Waals surface area contributed by atoms with Crippen LogP contribution in [-0.4, -0.2) is 4.98 Å². The molecule has 0 fully saturated rings.